The van der Waals surface area contributed by atoms with Crippen molar-refractivity contribution < 1.29 is 28.3 Å². The summed E-state index contributed by atoms with van der Waals surface area (Å²) in [5, 5.41) is 12.0. The van der Waals surface area contributed by atoms with Gasteiger partial charge in [0.1, 0.15) is 18.4 Å². The molecule has 2 aromatic carbocycles. The maximum absolute atomic E-state index is 13.6. The fourth-order valence-electron chi connectivity index (χ4n) is 4.46. The number of nitro groups is 1. The number of carbonyl (C=O) groups excluding carboxylic acids is 1. The van der Waals surface area contributed by atoms with Crippen LogP contribution < -0.4 is 24.4 Å². The number of furan rings is 1. The molecule has 11 nitrogen and oxygen atoms in total. The molecular weight excluding hydrogens is 550 g/mol. The highest BCUT2D eigenvalue weighted by atomic mass is 32.1. The minimum atomic E-state index is -0.814. The van der Waals surface area contributed by atoms with Crippen molar-refractivity contribution in [2.75, 3.05) is 13.7 Å². The number of hydrogen-bond donors (Lipinski definition) is 0. The van der Waals surface area contributed by atoms with Crippen LogP contribution in [0.4, 0.5) is 5.69 Å². The maximum atomic E-state index is 13.6. The van der Waals surface area contributed by atoms with E-state index in [1.807, 2.05) is 30.3 Å². The highest BCUT2D eigenvalue weighted by Crippen LogP contribution is 2.36. The number of thiazole rings is 1. The van der Waals surface area contributed by atoms with Gasteiger partial charge < -0.3 is 18.6 Å². The van der Waals surface area contributed by atoms with Crippen molar-refractivity contribution in [3.05, 3.63) is 113 Å². The van der Waals surface area contributed by atoms with E-state index < -0.39 is 22.5 Å². The highest BCUT2D eigenvalue weighted by Gasteiger charge is 2.33. The SMILES string of the molecule is CCOC(=O)C1=C(C)n2c(s/c(=C\c3cc(OC)c(OCc4ccccc4)cc3[N+](=O)[O-])c2=O)=N[C@@H]1c1ccco1. The second-order valence-electron chi connectivity index (χ2n) is 8.89. The molecule has 0 aliphatic carbocycles. The molecule has 0 saturated heterocycles. The second-order valence-corrected chi connectivity index (χ2v) is 9.90. The molecule has 0 N–H and O–H groups in total. The standard InChI is InChI=1S/C29H25N3O8S/c1-4-38-28(34)25-17(2)31-27(33)24(41-29(31)30-26(25)21-11-8-12-39-21)14-19-13-22(37-3)23(15-20(19)32(35)36)40-16-18-9-6-5-7-10-18/h5-15,26H,4,16H2,1-3H3/b24-14-/t26-/m1/s1. The number of esters is 1. The van der Waals surface area contributed by atoms with Gasteiger partial charge in [-0.25, -0.2) is 9.79 Å². The van der Waals surface area contributed by atoms with Gasteiger partial charge in [-0.3, -0.25) is 19.5 Å². The Hall–Kier alpha value is -4.97. The molecule has 12 heteroatoms. The van der Waals surface area contributed by atoms with Crippen molar-refractivity contribution in [1.29, 1.82) is 0 Å². The average Bonchev–Trinajstić information content (AvgIpc) is 3.61. The van der Waals surface area contributed by atoms with Crippen LogP contribution in [0.3, 0.4) is 0 Å². The van der Waals surface area contributed by atoms with Crippen LogP contribution in [-0.4, -0.2) is 29.2 Å². The van der Waals surface area contributed by atoms with Gasteiger partial charge in [0.15, 0.2) is 16.3 Å². The summed E-state index contributed by atoms with van der Waals surface area (Å²) in [6, 6.07) is 14.6. The van der Waals surface area contributed by atoms with Gasteiger partial charge >= 0.3 is 5.97 Å². The molecule has 3 heterocycles. The average molecular weight is 576 g/mol. The Morgan fingerprint density at radius 2 is 1.98 bits per heavy atom. The largest absolute Gasteiger partial charge is 0.493 e. The van der Waals surface area contributed by atoms with Gasteiger partial charge in [-0.2, -0.15) is 0 Å². The number of methoxy groups -OCH3 is 1. The molecule has 0 fully saturated rings. The smallest absolute Gasteiger partial charge is 0.338 e. The van der Waals surface area contributed by atoms with Crippen LogP contribution in [0.2, 0.25) is 0 Å². The van der Waals surface area contributed by atoms with Crippen LogP contribution in [0.15, 0.2) is 80.6 Å². The molecule has 0 radical (unpaired) electrons. The minimum Gasteiger partial charge on any atom is -0.493 e. The van der Waals surface area contributed by atoms with E-state index in [0.717, 1.165) is 16.9 Å². The summed E-state index contributed by atoms with van der Waals surface area (Å²) in [7, 11) is 1.43. The molecule has 0 unspecified atom stereocenters. The van der Waals surface area contributed by atoms with Crippen molar-refractivity contribution >= 4 is 34.8 Å². The number of hydrogen-bond acceptors (Lipinski definition) is 10. The van der Waals surface area contributed by atoms with Crippen molar-refractivity contribution in [1.82, 2.24) is 4.57 Å². The van der Waals surface area contributed by atoms with Crippen LogP contribution in [0.5, 0.6) is 11.5 Å². The lowest BCUT2D eigenvalue weighted by molar-refractivity contribution is -0.385. The zero-order valence-corrected chi connectivity index (χ0v) is 23.2. The summed E-state index contributed by atoms with van der Waals surface area (Å²) in [4.78, 5) is 42.9. The second kappa shape index (κ2) is 11.6. The van der Waals surface area contributed by atoms with E-state index >= 15 is 0 Å². The van der Waals surface area contributed by atoms with Crippen LogP contribution in [0.25, 0.3) is 11.8 Å². The molecule has 0 spiro atoms. The van der Waals surface area contributed by atoms with Gasteiger partial charge in [0.05, 0.1) is 46.6 Å². The Kier molecular flexibility index (Phi) is 7.83. The highest BCUT2D eigenvalue weighted by molar-refractivity contribution is 7.07. The minimum absolute atomic E-state index is 0.140. The lowest BCUT2D eigenvalue weighted by Crippen LogP contribution is -2.35. The molecule has 2 aromatic heterocycles. The van der Waals surface area contributed by atoms with Gasteiger partial charge in [-0.1, -0.05) is 41.7 Å². The molecule has 0 saturated carbocycles. The Labute approximate surface area is 237 Å². The summed E-state index contributed by atoms with van der Waals surface area (Å²) >= 11 is 1.04. The first-order valence-electron chi connectivity index (χ1n) is 12.6. The first kappa shape index (κ1) is 27.6. The third kappa shape index (κ3) is 5.41. The van der Waals surface area contributed by atoms with E-state index in [2.05, 4.69) is 4.99 Å². The quantitative estimate of drug-likeness (QED) is 0.166. The van der Waals surface area contributed by atoms with Crippen LogP contribution in [0, 0.1) is 10.1 Å². The predicted molar refractivity (Wildman–Crippen MR) is 150 cm³/mol. The monoisotopic (exact) mass is 575 g/mol. The van der Waals surface area contributed by atoms with Crippen molar-refractivity contribution in [3.63, 3.8) is 0 Å². The van der Waals surface area contributed by atoms with E-state index in [9.17, 15) is 19.7 Å². The molecule has 210 valence electrons. The van der Waals surface area contributed by atoms with Gasteiger partial charge in [-0.15, -0.1) is 0 Å². The number of nitro benzene ring substituents is 1. The lowest BCUT2D eigenvalue weighted by atomic mass is 10.0. The van der Waals surface area contributed by atoms with E-state index in [1.165, 1.54) is 36.1 Å². The molecule has 1 aliphatic heterocycles. The normalized spacial score (nSPS) is 14.8. The van der Waals surface area contributed by atoms with Crippen molar-refractivity contribution in [3.8, 4) is 11.5 Å². The predicted octanol–water partition coefficient (Wildman–Crippen LogP) is 4.00. The van der Waals surface area contributed by atoms with Gasteiger partial charge in [-0.05, 0) is 43.7 Å². The Morgan fingerprint density at radius 1 is 1.20 bits per heavy atom. The third-order valence-electron chi connectivity index (χ3n) is 6.39. The Morgan fingerprint density at radius 3 is 2.63 bits per heavy atom. The first-order chi connectivity index (χ1) is 19.8. The van der Waals surface area contributed by atoms with E-state index in [1.54, 1.807) is 26.0 Å². The van der Waals surface area contributed by atoms with Gasteiger partial charge in [0.2, 0.25) is 0 Å². The van der Waals surface area contributed by atoms with Crippen LogP contribution >= 0.6 is 11.3 Å². The molecule has 0 bridgehead atoms. The zero-order chi connectivity index (χ0) is 29.1. The zero-order valence-electron chi connectivity index (χ0n) is 22.4. The van der Waals surface area contributed by atoms with E-state index in [0.29, 0.717) is 16.3 Å². The summed E-state index contributed by atoms with van der Waals surface area (Å²) in [6.07, 6.45) is 2.88. The van der Waals surface area contributed by atoms with Crippen LogP contribution in [0.1, 0.15) is 36.8 Å². The molecule has 5 rings (SSSR count). The number of rotatable bonds is 9. The fourth-order valence-corrected chi connectivity index (χ4v) is 5.49. The maximum Gasteiger partial charge on any atom is 0.338 e. The molecular formula is C29H25N3O8S. The van der Waals surface area contributed by atoms with Crippen molar-refractivity contribution in [2.45, 2.75) is 26.5 Å². The number of ether oxygens (including phenoxy) is 3. The topological polar surface area (TPSA) is 135 Å². The first-order valence-corrected chi connectivity index (χ1v) is 13.4. The van der Waals surface area contributed by atoms with Gasteiger partial charge in [0, 0.05) is 5.70 Å². The van der Waals surface area contributed by atoms with E-state index in [-0.39, 0.29) is 46.1 Å². The summed E-state index contributed by atoms with van der Waals surface area (Å²) in [6.45, 7) is 3.64. The Bertz CT molecular complexity index is 1820. The number of fused-ring (bicyclic) bond motifs is 1. The van der Waals surface area contributed by atoms with E-state index in [4.69, 9.17) is 18.6 Å². The third-order valence-corrected chi connectivity index (χ3v) is 7.37. The number of nitrogens with zero attached hydrogens (tertiary/aromatic N) is 3. The number of aromatic nitrogens is 1. The molecule has 1 atom stereocenters. The molecule has 1 aliphatic rings. The number of allylic oxidation sites excluding steroid dienone is 1. The number of carbonyl (C=O) groups is 1. The van der Waals surface area contributed by atoms with Gasteiger partial charge in [0.25, 0.3) is 11.2 Å². The molecule has 4 aromatic rings. The molecule has 0 amide bonds. The van der Waals surface area contributed by atoms with Crippen LogP contribution in [-0.2, 0) is 16.1 Å². The lowest BCUT2D eigenvalue weighted by Gasteiger charge is -2.20. The summed E-state index contributed by atoms with van der Waals surface area (Å²) in [5.74, 6) is 0.256. The fraction of sp³-hybridized carbons (Fsp3) is 0.207. The summed E-state index contributed by atoms with van der Waals surface area (Å²) < 4.78 is 23.6. The summed E-state index contributed by atoms with van der Waals surface area (Å²) in [5.41, 5.74) is 0.788. The molecule has 41 heavy (non-hydrogen) atoms. The van der Waals surface area contributed by atoms with Crippen molar-refractivity contribution in [2.24, 2.45) is 4.99 Å². The number of benzene rings is 2. The Balaban J connectivity index is 1.63.